The fraction of sp³-hybridized carbons (Fsp3) is 0.647. The van der Waals surface area contributed by atoms with Crippen molar-refractivity contribution in [2.45, 2.75) is 92.4 Å². The molecule has 4 rings (SSSR count). The van der Waals surface area contributed by atoms with E-state index in [1.165, 1.54) is 11.1 Å². The van der Waals surface area contributed by atoms with Crippen LogP contribution in [0.2, 0.25) is 0 Å². The van der Waals surface area contributed by atoms with Crippen LogP contribution in [0.25, 0.3) is 0 Å². The summed E-state index contributed by atoms with van der Waals surface area (Å²) in [5, 5.41) is 24.3. The van der Waals surface area contributed by atoms with Gasteiger partial charge in [-0.15, -0.1) is 0 Å². The first-order chi connectivity index (χ1) is 18.8. The SMILES string of the molecule is CCO[C@@H]1[C@@H](C(=O)[C@H]2[C@@H](/C(C)=C/[C@H](C)CC)C(C)=C[C@@]3(C)C[C@@H](C)CC[C@H]23)C(=O)N[C@]1(O)Cc1ccc(O)cc1. The van der Waals surface area contributed by atoms with Crippen molar-refractivity contribution >= 4 is 11.7 Å². The molecular weight excluding hydrogens is 502 g/mol. The molecule has 9 atom stereocenters. The lowest BCUT2D eigenvalue weighted by Gasteiger charge is -2.52. The van der Waals surface area contributed by atoms with E-state index in [0.29, 0.717) is 11.8 Å². The number of fused-ring (bicyclic) bond motifs is 1. The van der Waals surface area contributed by atoms with Crippen molar-refractivity contribution in [2.24, 2.45) is 40.9 Å². The van der Waals surface area contributed by atoms with Crippen LogP contribution in [0.1, 0.15) is 79.7 Å². The summed E-state index contributed by atoms with van der Waals surface area (Å²) in [5.74, 6) is -0.904. The summed E-state index contributed by atoms with van der Waals surface area (Å²) in [6.07, 6.45) is 7.84. The van der Waals surface area contributed by atoms with Crippen LogP contribution in [0.3, 0.4) is 0 Å². The molecule has 40 heavy (non-hydrogen) atoms. The maximum atomic E-state index is 14.8. The second kappa shape index (κ2) is 11.8. The van der Waals surface area contributed by atoms with Gasteiger partial charge in [-0.25, -0.2) is 0 Å². The molecule has 1 saturated carbocycles. The topological polar surface area (TPSA) is 95.9 Å². The van der Waals surface area contributed by atoms with Crippen LogP contribution in [-0.4, -0.2) is 40.3 Å². The predicted octanol–water partition coefficient (Wildman–Crippen LogP) is 5.97. The molecule has 1 aromatic rings. The van der Waals surface area contributed by atoms with Gasteiger partial charge in [-0.3, -0.25) is 9.59 Å². The molecule has 2 aliphatic carbocycles. The van der Waals surface area contributed by atoms with Crippen LogP contribution in [0, 0.1) is 40.9 Å². The van der Waals surface area contributed by atoms with Gasteiger partial charge in [0, 0.05) is 24.9 Å². The molecule has 0 unspecified atom stereocenters. The highest BCUT2D eigenvalue weighted by atomic mass is 16.5. The number of ketones is 1. The van der Waals surface area contributed by atoms with Gasteiger partial charge in [0.1, 0.15) is 17.8 Å². The molecule has 1 aromatic carbocycles. The minimum Gasteiger partial charge on any atom is -0.508 e. The Hall–Kier alpha value is -2.44. The molecule has 0 bridgehead atoms. The van der Waals surface area contributed by atoms with Gasteiger partial charge in [-0.1, -0.05) is 76.0 Å². The minimum absolute atomic E-state index is 0.0751. The lowest BCUT2D eigenvalue weighted by atomic mass is 9.51. The molecule has 0 radical (unpaired) electrons. The molecule has 6 heteroatoms. The third kappa shape index (κ3) is 5.80. The van der Waals surface area contributed by atoms with Crippen LogP contribution >= 0.6 is 0 Å². The molecule has 0 aromatic heterocycles. The normalized spacial score (nSPS) is 37.0. The average Bonchev–Trinajstić information content (AvgIpc) is 3.12. The first-order valence-electron chi connectivity index (χ1n) is 15.2. The van der Waals surface area contributed by atoms with Gasteiger partial charge in [0.25, 0.3) is 0 Å². The number of carbonyl (C=O) groups excluding carboxylic acids is 2. The van der Waals surface area contributed by atoms with Crippen LogP contribution in [0.15, 0.2) is 47.6 Å². The zero-order chi connectivity index (χ0) is 29.4. The van der Waals surface area contributed by atoms with Crippen molar-refractivity contribution < 1.29 is 24.5 Å². The summed E-state index contributed by atoms with van der Waals surface area (Å²) in [6, 6.07) is 6.51. The number of nitrogens with one attached hydrogen (secondary N) is 1. The number of hydrogen-bond donors (Lipinski definition) is 3. The van der Waals surface area contributed by atoms with E-state index in [1.54, 1.807) is 24.3 Å². The molecule has 1 aliphatic heterocycles. The maximum Gasteiger partial charge on any atom is 0.235 e. The standard InChI is InChI=1S/C34H49NO5/c1-8-20(3)16-22(5)27-23(6)18-33(7)17-21(4)10-15-26(33)28(27)30(37)29-31(40-9-2)34(39,35-32(29)38)19-24-11-13-25(36)14-12-24/h11-14,16,18,20-21,26-29,31,36,39H,8-10,15,17,19H2,1-7H3,(H,35,38)/b22-16+/t20-,21+,26-,27+,28-,29-,31-,33-,34+/m1/s1. The molecule has 3 aliphatic rings. The zero-order valence-electron chi connectivity index (χ0n) is 25.4. The van der Waals surface area contributed by atoms with E-state index in [4.69, 9.17) is 4.74 Å². The number of aromatic hydroxyl groups is 1. The van der Waals surface area contributed by atoms with Gasteiger partial charge in [0.2, 0.25) is 5.91 Å². The van der Waals surface area contributed by atoms with E-state index in [9.17, 15) is 19.8 Å². The molecule has 1 saturated heterocycles. The molecule has 0 spiro atoms. The van der Waals surface area contributed by atoms with E-state index in [1.807, 2.05) is 6.92 Å². The minimum atomic E-state index is -1.73. The summed E-state index contributed by atoms with van der Waals surface area (Å²) >= 11 is 0. The zero-order valence-corrected chi connectivity index (χ0v) is 25.4. The first kappa shape index (κ1) is 30.5. The molecular formula is C34H49NO5. The van der Waals surface area contributed by atoms with Gasteiger partial charge >= 0.3 is 0 Å². The maximum absolute atomic E-state index is 14.8. The Bertz CT molecular complexity index is 1160. The van der Waals surface area contributed by atoms with E-state index >= 15 is 0 Å². The van der Waals surface area contributed by atoms with Gasteiger partial charge in [-0.05, 0) is 74.5 Å². The Balaban J connectivity index is 1.76. The average molecular weight is 552 g/mol. The number of phenols is 1. The quantitative estimate of drug-likeness (QED) is 0.260. The van der Waals surface area contributed by atoms with Crippen LogP contribution < -0.4 is 5.32 Å². The van der Waals surface area contributed by atoms with Gasteiger partial charge in [0.05, 0.1) is 0 Å². The first-order valence-corrected chi connectivity index (χ1v) is 15.2. The third-order valence-electron chi connectivity index (χ3n) is 9.92. The Morgan fingerprint density at radius 2 is 1.88 bits per heavy atom. The summed E-state index contributed by atoms with van der Waals surface area (Å²) in [4.78, 5) is 28.5. The van der Waals surface area contributed by atoms with Gasteiger partial charge in [-0.2, -0.15) is 0 Å². The Morgan fingerprint density at radius 1 is 1.20 bits per heavy atom. The number of rotatable bonds is 9. The van der Waals surface area contributed by atoms with Crippen molar-refractivity contribution in [1.82, 2.24) is 5.32 Å². The fourth-order valence-electron chi connectivity index (χ4n) is 8.10. The van der Waals surface area contributed by atoms with Gasteiger partial charge in [0.15, 0.2) is 11.5 Å². The number of benzene rings is 1. The summed E-state index contributed by atoms with van der Waals surface area (Å²) in [5.41, 5.74) is 1.27. The van der Waals surface area contributed by atoms with Crippen molar-refractivity contribution in [3.63, 3.8) is 0 Å². The summed E-state index contributed by atoms with van der Waals surface area (Å²) in [6.45, 7) is 15.3. The van der Waals surface area contributed by atoms with E-state index in [0.717, 1.165) is 31.2 Å². The molecule has 1 amide bonds. The second-order valence-corrected chi connectivity index (χ2v) is 13.2. The highest BCUT2D eigenvalue weighted by molar-refractivity contribution is 6.05. The number of carbonyl (C=O) groups is 2. The van der Waals surface area contributed by atoms with E-state index in [2.05, 4.69) is 59.0 Å². The largest absolute Gasteiger partial charge is 0.508 e. The van der Waals surface area contributed by atoms with Crippen LogP contribution in [0.4, 0.5) is 0 Å². The Morgan fingerprint density at radius 3 is 2.50 bits per heavy atom. The second-order valence-electron chi connectivity index (χ2n) is 13.2. The van der Waals surface area contributed by atoms with Gasteiger partial charge < -0.3 is 20.3 Å². The third-order valence-corrected chi connectivity index (χ3v) is 9.92. The Kier molecular flexibility index (Phi) is 9.01. The van der Waals surface area contributed by atoms with E-state index in [-0.39, 0.29) is 47.7 Å². The lowest BCUT2D eigenvalue weighted by molar-refractivity contribution is -0.148. The number of ether oxygens (including phenoxy) is 1. The number of allylic oxidation sites excluding steroid dienone is 4. The molecule has 1 heterocycles. The predicted molar refractivity (Wildman–Crippen MR) is 157 cm³/mol. The smallest absolute Gasteiger partial charge is 0.235 e. The summed E-state index contributed by atoms with van der Waals surface area (Å²) in [7, 11) is 0. The Labute approximate surface area is 240 Å². The van der Waals surface area contributed by atoms with Crippen molar-refractivity contribution in [1.29, 1.82) is 0 Å². The van der Waals surface area contributed by atoms with Crippen molar-refractivity contribution in [2.75, 3.05) is 6.61 Å². The van der Waals surface area contributed by atoms with E-state index < -0.39 is 23.7 Å². The van der Waals surface area contributed by atoms with Crippen LogP contribution in [-0.2, 0) is 20.7 Å². The molecule has 220 valence electrons. The monoisotopic (exact) mass is 551 g/mol. The van der Waals surface area contributed by atoms with Crippen LogP contribution in [0.5, 0.6) is 5.75 Å². The fourth-order valence-corrected chi connectivity index (χ4v) is 8.10. The number of aliphatic hydroxyl groups is 1. The highest BCUT2D eigenvalue weighted by Crippen LogP contribution is 2.57. The van der Waals surface area contributed by atoms with Crippen molar-refractivity contribution in [3.8, 4) is 5.75 Å². The highest BCUT2D eigenvalue weighted by Gasteiger charge is 2.60. The van der Waals surface area contributed by atoms with Crippen molar-refractivity contribution in [3.05, 3.63) is 53.1 Å². The molecule has 3 N–H and O–H groups in total. The number of phenolic OH excluding ortho intramolecular Hbond substituents is 1. The number of hydrogen-bond acceptors (Lipinski definition) is 5. The lowest BCUT2D eigenvalue weighted by Crippen LogP contribution is -2.54. The molecule has 6 nitrogen and oxygen atoms in total. The molecule has 2 fully saturated rings. The number of Topliss-reactive ketones (excluding diaryl/α,β-unsaturated/α-hetero) is 1. The summed E-state index contributed by atoms with van der Waals surface area (Å²) < 4.78 is 6.06. The number of amides is 1.